The summed E-state index contributed by atoms with van der Waals surface area (Å²) in [4.78, 5) is 0. The van der Waals surface area contributed by atoms with E-state index in [0.29, 0.717) is 12.0 Å². The smallest absolute Gasteiger partial charge is 0.129 e. The zero-order chi connectivity index (χ0) is 15.4. The van der Waals surface area contributed by atoms with Gasteiger partial charge in [-0.15, -0.1) is 11.6 Å². The molecule has 21 heavy (non-hydrogen) atoms. The Hall–Kier alpha value is -1.41. The van der Waals surface area contributed by atoms with Gasteiger partial charge in [0.1, 0.15) is 11.6 Å². The Bertz CT molecular complexity index is 623. The second-order valence-electron chi connectivity index (χ2n) is 5.15. The first-order valence-electron chi connectivity index (χ1n) is 7.24. The van der Waals surface area contributed by atoms with Gasteiger partial charge in [-0.3, -0.25) is 0 Å². The van der Waals surface area contributed by atoms with E-state index in [1.165, 1.54) is 23.3 Å². The van der Waals surface area contributed by atoms with Gasteiger partial charge >= 0.3 is 0 Å². The summed E-state index contributed by atoms with van der Waals surface area (Å²) >= 11 is 6.50. The van der Waals surface area contributed by atoms with E-state index < -0.39 is 11.6 Å². The summed E-state index contributed by atoms with van der Waals surface area (Å²) in [5.74, 6) is -1.10. The molecule has 2 rings (SSSR count). The van der Waals surface area contributed by atoms with Crippen molar-refractivity contribution in [2.45, 2.75) is 38.5 Å². The van der Waals surface area contributed by atoms with Gasteiger partial charge in [0.05, 0.1) is 5.38 Å². The molecule has 0 spiro atoms. The van der Waals surface area contributed by atoms with Gasteiger partial charge in [0, 0.05) is 6.07 Å². The number of hydrogen-bond acceptors (Lipinski definition) is 0. The quantitative estimate of drug-likeness (QED) is 0.630. The molecule has 2 aromatic carbocycles. The molecule has 112 valence electrons. The molecule has 0 bridgehead atoms. The Labute approximate surface area is 129 Å². The van der Waals surface area contributed by atoms with Crippen LogP contribution in [0.15, 0.2) is 36.4 Å². The molecule has 0 amide bonds. The first kappa shape index (κ1) is 16.0. The number of aryl methyl sites for hydroxylation is 2. The van der Waals surface area contributed by atoms with Gasteiger partial charge in [-0.2, -0.15) is 0 Å². The lowest BCUT2D eigenvalue weighted by Crippen LogP contribution is -2.03. The van der Waals surface area contributed by atoms with E-state index in [-0.39, 0.29) is 5.38 Å². The van der Waals surface area contributed by atoms with E-state index in [1.807, 2.05) is 0 Å². The normalized spacial score (nSPS) is 12.4. The third-order valence-electron chi connectivity index (χ3n) is 3.75. The highest BCUT2D eigenvalue weighted by atomic mass is 35.5. The summed E-state index contributed by atoms with van der Waals surface area (Å²) in [6.07, 6.45) is 2.17. The minimum absolute atomic E-state index is 0.314. The van der Waals surface area contributed by atoms with Crippen molar-refractivity contribution in [2.75, 3.05) is 0 Å². The number of alkyl halides is 1. The lowest BCUT2D eigenvalue weighted by molar-refractivity contribution is 0.570. The van der Waals surface area contributed by atoms with Crippen molar-refractivity contribution in [3.05, 3.63) is 70.3 Å². The molecule has 0 aliphatic heterocycles. The van der Waals surface area contributed by atoms with E-state index in [4.69, 9.17) is 11.6 Å². The molecule has 0 saturated carbocycles. The van der Waals surface area contributed by atoms with Gasteiger partial charge in [-0.25, -0.2) is 8.78 Å². The topological polar surface area (TPSA) is 0 Å². The molecule has 1 atom stereocenters. The van der Waals surface area contributed by atoms with Crippen LogP contribution in [-0.4, -0.2) is 0 Å². The SMILES string of the molecule is CCc1ccc(CC)c(C(Cl)Cc2ccc(F)cc2F)c1. The predicted molar refractivity (Wildman–Crippen MR) is 83.9 cm³/mol. The van der Waals surface area contributed by atoms with Crippen molar-refractivity contribution in [3.8, 4) is 0 Å². The van der Waals surface area contributed by atoms with Gasteiger partial charge in [0.25, 0.3) is 0 Å². The monoisotopic (exact) mass is 308 g/mol. The summed E-state index contributed by atoms with van der Waals surface area (Å²) in [6, 6.07) is 9.93. The molecule has 0 saturated heterocycles. The Balaban J connectivity index is 2.28. The van der Waals surface area contributed by atoms with Crippen LogP contribution in [0.2, 0.25) is 0 Å². The van der Waals surface area contributed by atoms with E-state index in [2.05, 4.69) is 32.0 Å². The molecule has 2 aromatic rings. The number of hydrogen-bond donors (Lipinski definition) is 0. The molecule has 3 heteroatoms. The van der Waals surface area contributed by atoms with Crippen LogP contribution in [-0.2, 0) is 19.3 Å². The second-order valence-corrected chi connectivity index (χ2v) is 5.67. The van der Waals surface area contributed by atoms with Gasteiger partial charge in [0.15, 0.2) is 0 Å². The lowest BCUT2D eigenvalue weighted by atomic mass is 9.95. The Kier molecular flexibility index (Phi) is 5.35. The van der Waals surface area contributed by atoms with Crippen molar-refractivity contribution < 1.29 is 8.78 Å². The van der Waals surface area contributed by atoms with Crippen molar-refractivity contribution in [3.63, 3.8) is 0 Å². The van der Waals surface area contributed by atoms with Crippen LogP contribution in [0.1, 0.15) is 41.5 Å². The van der Waals surface area contributed by atoms with Crippen molar-refractivity contribution in [2.24, 2.45) is 0 Å². The molecule has 0 heterocycles. The molecular formula is C18H19ClF2. The molecule has 0 fully saturated rings. The zero-order valence-electron chi connectivity index (χ0n) is 12.3. The molecule has 1 unspecified atom stereocenters. The van der Waals surface area contributed by atoms with Gasteiger partial charge in [0.2, 0.25) is 0 Å². The highest BCUT2D eigenvalue weighted by molar-refractivity contribution is 6.21. The molecule has 0 nitrogen and oxygen atoms in total. The number of halogens is 3. The van der Waals surface area contributed by atoms with Crippen LogP contribution in [0.4, 0.5) is 8.78 Å². The number of rotatable bonds is 5. The van der Waals surface area contributed by atoms with E-state index >= 15 is 0 Å². The molecule has 0 aliphatic rings. The fourth-order valence-corrected chi connectivity index (χ4v) is 2.84. The van der Waals surface area contributed by atoms with Crippen LogP contribution in [0, 0.1) is 11.6 Å². The minimum atomic E-state index is -0.565. The Morgan fingerprint density at radius 2 is 1.67 bits per heavy atom. The number of benzene rings is 2. The van der Waals surface area contributed by atoms with Crippen LogP contribution < -0.4 is 0 Å². The largest absolute Gasteiger partial charge is 0.207 e. The third kappa shape index (κ3) is 3.82. The first-order chi connectivity index (χ1) is 10.0. The lowest BCUT2D eigenvalue weighted by Gasteiger charge is -2.16. The molecule has 0 aromatic heterocycles. The van der Waals surface area contributed by atoms with Crippen LogP contribution in [0.3, 0.4) is 0 Å². The van der Waals surface area contributed by atoms with Crippen LogP contribution >= 0.6 is 11.6 Å². The average Bonchev–Trinajstić information content (AvgIpc) is 2.49. The summed E-state index contributed by atoms with van der Waals surface area (Å²) in [7, 11) is 0. The second kappa shape index (κ2) is 7.04. The summed E-state index contributed by atoms with van der Waals surface area (Å²) < 4.78 is 26.7. The summed E-state index contributed by atoms with van der Waals surface area (Å²) in [6.45, 7) is 4.17. The van der Waals surface area contributed by atoms with E-state index in [1.54, 1.807) is 0 Å². The molecule has 0 N–H and O–H groups in total. The van der Waals surface area contributed by atoms with Gasteiger partial charge in [-0.1, -0.05) is 38.1 Å². The fraction of sp³-hybridized carbons (Fsp3) is 0.333. The maximum atomic E-state index is 13.8. The maximum Gasteiger partial charge on any atom is 0.129 e. The summed E-state index contributed by atoms with van der Waals surface area (Å²) in [5.41, 5.74) is 3.88. The Morgan fingerprint density at radius 3 is 2.29 bits per heavy atom. The van der Waals surface area contributed by atoms with E-state index in [0.717, 1.165) is 24.5 Å². The van der Waals surface area contributed by atoms with Crippen molar-refractivity contribution in [1.82, 2.24) is 0 Å². The molecule has 0 aliphatic carbocycles. The maximum absolute atomic E-state index is 13.8. The van der Waals surface area contributed by atoms with Crippen LogP contribution in [0.5, 0.6) is 0 Å². The van der Waals surface area contributed by atoms with Crippen molar-refractivity contribution >= 4 is 11.6 Å². The van der Waals surface area contributed by atoms with Gasteiger partial charge < -0.3 is 0 Å². The van der Waals surface area contributed by atoms with Gasteiger partial charge in [-0.05, 0) is 47.6 Å². The minimum Gasteiger partial charge on any atom is -0.207 e. The highest BCUT2D eigenvalue weighted by Gasteiger charge is 2.15. The zero-order valence-corrected chi connectivity index (χ0v) is 13.1. The fourth-order valence-electron chi connectivity index (χ4n) is 2.47. The Morgan fingerprint density at radius 1 is 0.952 bits per heavy atom. The summed E-state index contributed by atoms with van der Waals surface area (Å²) in [5, 5.41) is -0.314. The third-order valence-corrected chi connectivity index (χ3v) is 4.14. The first-order valence-corrected chi connectivity index (χ1v) is 7.68. The highest BCUT2D eigenvalue weighted by Crippen LogP contribution is 2.30. The predicted octanol–water partition coefficient (Wildman–Crippen LogP) is 5.61. The average molecular weight is 309 g/mol. The molecular weight excluding hydrogens is 290 g/mol. The van der Waals surface area contributed by atoms with Crippen molar-refractivity contribution in [1.29, 1.82) is 0 Å². The van der Waals surface area contributed by atoms with E-state index in [9.17, 15) is 8.78 Å². The molecule has 0 radical (unpaired) electrons. The standard InChI is InChI=1S/C18H19ClF2/c1-3-12-5-6-13(4-2)16(9-12)17(19)10-14-7-8-15(20)11-18(14)21/h5-9,11,17H,3-4,10H2,1-2H3. The van der Waals surface area contributed by atoms with Crippen LogP contribution in [0.25, 0.3) is 0 Å².